The summed E-state index contributed by atoms with van der Waals surface area (Å²) in [6.45, 7) is 8.72. The highest BCUT2D eigenvalue weighted by atomic mass is 15.3. The van der Waals surface area contributed by atoms with Crippen LogP contribution < -0.4 is 0 Å². The van der Waals surface area contributed by atoms with Crippen molar-refractivity contribution in [2.75, 3.05) is 0 Å². The number of unbranched alkanes of at least 4 members (excludes halogenated alkanes) is 1. The van der Waals surface area contributed by atoms with E-state index in [9.17, 15) is 0 Å². The Bertz CT molecular complexity index is 535. The Balaban J connectivity index is 2.33. The molecule has 2 aromatic rings. The Morgan fingerprint density at radius 2 is 1.74 bits per heavy atom. The number of aromatic nitrogens is 2. The normalized spacial score (nSPS) is 10.9. The zero-order valence-corrected chi connectivity index (χ0v) is 12.5. The molecule has 1 aromatic heterocycles. The minimum Gasteiger partial charge on any atom is -0.238 e. The number of hydrogen-bond donors (Lipinski definition) is 0. The van der Waals surface area contributed by atoms with Gasteiger partial charge in [0.2, 0.25) is 0 Å². The molecule has 0 fully saturated rings. The summed E-state index contributed by atoms with van der Waals surface area (Å²) in [4.78, 5) is 0. The van der Waals surface area contributed by atoms with E-state index in [1.165, 1.54) is 41.0 Å². The molecular formula is C17H24N2. The van der Waals surface area contributed by atoms with Gasteiger partial charge in [-0.2, -0.15) is 5.10 Å². The molecule has 2 rings (SSSR count). The molecule has 2 nitrogen and oxygen atoms in total. The number of aryl methyl sites for hydroxylation is 2. The lowest BCUT2D eigenvalue weighted by atomic mass is 10.1. The van der Waals surface area contributed by atoms with Gasteiger partial charge in [0.25, 0.3) is 0 Å². The van der Waals surface area contributed by atoms with E-state index in [-0.39, 0.29) is 0 Å². The first-order valence-electron chi connectivity index (χ1n) is 7.31. The van der Waals surface area contributed by atoms with Crippen molar-refractivity contribution in [3.8, 4) is 5.69 Å². The van der Waals surface area contributed by atoms with Crippen LogP contribution in [0.4, 0.5) is 0 Å². The van der Waals surface area contributed by atoms with Crippen molar-refractivity contribution >= 4 is 0 Å². The predicted octanol–water partition coefficient (Wildman–Crippen LogP) is 4.39. The van der Waals surface area contributed by atoms with Gasteiger partial charge in [-0.05, 0) is 56.4 Å². The zero-order chi connectivity index (χ0) is 13.8. The van der Waals surface area contributed by atoms with Crippen LogP contribution in [0.5, 0.6) is 0 Å². The van der Waals surface area contributed by atoms with E-state index in [1.807, 2.05) is 0 Å². The van der Waals surface area contributed by atoms with Crippen molar-refractivity contribution in [2.45, 2.75) is 53.4 Å². The SMILES string of the molecule is CCCCc1c(C)nn(-c2ccc(CC)cc2)c1C. The molecule has 0 saturated carbocycles. The summed E-state index contributed by atoms with van der Waals surface area (Å²) in [6, 6.07) is 8.72. The fraction of sp³-hybridized carbons (Fsp3) is 0.471. The van der Waals surface area contributed by atoms with Gasteiger partial charge < -0.3 is 0 Å². The van der Waals surface area contributed by atoms with Gasteiger partial charge in [0.15, 0.2) is 0 Å². The van der Waals surface area contributed by atoms with Crippen LogP contribution in [0.3, 0.4) is 0 Å². The van der Waals surface area contributed by atoms with Crippen molar-refractivity contribution in [3.63, 3.8) is 0 Å². The number of hydrogen-bond acceptors (Lipinski definition) is 1. The minimum atomic E-state index is 1.08. The van der Waals surface area contributed by atoms with Crippen LogP contribution in [0.1, 0.15) is 49.2 Å². The fourth-order valence-electron chi connectivity index (χ4n) is 2.51. The average Bonchev–Trinajstić information content (AvgIpc) is 2.72. The molecule has 0 aliphatic rings. The van der Waals surface area contributed by atoms with Crippen LogP contribution >= 0.6 is 0 Å². The molecule has 0 bridgehead atoms. The molecule has 0 unspecified atom stereocenters. The third kappa shape index (κ3) is 2.89. The Hall–Kier alpha value is -1.57. The van der Waals surface area contributed by atoms with E-state index in [1.54, 1.807) is 0 Å². The average molecular weight is 256 g/mol. The van der Waals surface area contributed by atoms with Gasteiger partial charge in [-0.15, -0.1) is 0 Å². The molecule has 0 N–H and O–H groups in total. The quantitative estimate of drug-likeness (QED) is 0.775. The van der Waals surface area contributed by atoms with Crippen molar-refractivity contribution in [2.24, 2.45) is 0 Å². The standard InChI is InChI=1S/C17H24N2/c1-5-7-8-17-13(3)18-19(14(17)4)16-11-9-15(6-2)10-12-16/h9-12H,5-8H2,1-4H3. The molecule has 1 heterocycles. The highest BCUT2D eigenvalue weighted by molar-refractivity contribution is 5.38. The molecule has 0 aliphatic carbocycles. The summed E-state index contributed by atoms with van der Waals surface area (Å²) in [5.41, 5.74) is 6.42. The van der Waals surface area contributed by atoms with Crippen LogP contribution in [-0.4, -0.2) is 9.78 Å². The van der Waals surface area contributed by atoms with Gasteiger partial charge in [-0.3, -0.25) is 0 Å². The first kappa shape index (κ1) is 13.9. The summed E-state index contributed by atoms with van der Waals surface area (Å²) in [6.07, 6.45) is 4.69. The van der Waals surface area contributed by atoms with Gasteiger partial charge >= 0.3 is 0 Å². The predicted molar refractivity (Wildman–Crippen MR) is 81.0 cm³/mol. The second-order valence-electron chi connectivity index (χ2n) is 5.18. The van der Waals surface area contributed by atoms with Gasteiger partial charge in [-0.1, -0.05) is 32.4 Å². The van der Waals surface area contributed by atoms with E-state index >= 15 is 0 Å². The zero-order valence-electron chi connectivity index (χ0n) is 12.5. The Morgan fingerprint density at radius 1 is 1.05 bits per heavy atom. The maximum absolute atomic E-state index is 4.71. The molecule has 0 atom stereocenters. The maximum Gasteiger partial charge on any atom is 0.0649 e. The van der Waals surface area contributed by atoms with Gasteiger partial charge in [0, 0.05) is 5.69 Å². The van der Waals surface area contributed by atoms with E-state index in [0.29, 0.717) is 0 Å². The molecule has 1 aromatic carbocycles. The molecule has 0 saturated heterocycles. The van der Waals surface area contributed by atoms with E-state index < -0.39 is 0 Å². The second kappa shape index (κ2) is 6.05. The minimum absolute atomic E-state index is 1.08. The smallest absolute Gasteiger partial charge is 0.0649 e. The van der Waals surface area contributed by atoms with Crippen molar-refractivity contribution in [1.29, 1.82) is 0 Å². The molecule has 0 amide bonds. The van der Waals surface area contributed by atoms with E-state index in [2.05, 4.69) is 56.6 Å². The van der Waals surface area contributed by atoms with Crippen molar-refractivity contribution in [3.05, 3.63) is 46.8 Å². The molecule has 0 aliphatic heterocycles. The number of nitrogens with zero attached hydrogens (tertiary/aromatic N) is 2. The summed E-state index contributed by atoms with van der Waals surface area (Å²) < 4.78 is 2.08. The first-order valence-corrected chi connectivity index (χ1v) is 7.31. The third-order valence-corrected chi connectivity index (χ3v) is 3.81. The summed E-state index contributed by atoms with van der Waals surface area (Å²) in [7, 11) is 0. The Labute approximate surface area is 116 Å². The third-order valence-electron chi connectivity index (χ3n) is 3.81. The summed E-state index contributed by atoms with van der Waals surface area (Å²) in [5, 5.41) is 4.71. The Kier molecular flexibility index (Phi) is 4.41. The van der Waals surface area contributed by atoms with Crippen LogP contribution in [-0.2, 0) is 12.8 Å². The van der Waals surface area contributed by atoms with Gasteiger partial charge in [0.05, 0.1) is 11.4 Å². The first-order chi connectivity index (χ1) is 9.17. The molecule has 102 valence electrons. The topological polar surface area (TPSA) is 17.8 Å². The summed E-state index contributed by atoms with van der Waals surface area (Å²) >= 11 is 0. The molecular weight excluding hydrogens is 232 g/mol. The molecule has 0 spiro atoms. The van der Waals surface area contributed by atoms with E-state index in [4.69, 9.17) is 5.10 Å². The van der Waals surface area contributed by atoms with Crippen LogP contribution in [0.15, 0.2) is 24.3 Å². The van der Waals surface area contributed by atoms with Crippen LogP contribution in [0.2, 0.25) is 0 Å². The van der Waals surface area contributed by atoms with Crippen LogP contribution in [0.25, 0.3) is 5.69 Å². The lowest BCUT2D eigenvalue weighted by Gasteiger charge is -2.06. The fourth-order valence-corrected chi connectivity index (χ4v) is 2.51. The molecule has 0 radical (unpaired) electrons. The Morgan fingerprint density at radius 3 is 2.32 bits per heavy atom. The number of rotatable bonds is 5. The highest BCUT2D eigenvalue weighted by Gasteiger charge is 2.11. The monoisotopic (exact) mass is 256 g/mol. The lowest BCUT2D eigenvalue weighted by Crippen LogP contribution is -1.99. The summed E-state index contributed by atoms with van der Waals surface area (Å²) in [5.74, 6) is 0. The second-order valence-corrected chi connectivity index (χ2v) is 5.18. The molecule has 2 heteroatoms. The van der Waals surface area contributed by atoms with Gasteiger partial charge in [-0.25, -0.2) is 4.68 Å². The van der Waals surface area contributed by atoms with Gasteiger partial charge in [0.1, 0.15) is 0 Å². The lowest BCUT2D eigenvalue weighted by molar-refractivity contribution is 0.785. The number of benzene rings is 1. The van der Waals surface area contributed by atoms with E-state index in [0.717, 1.165) is 12.8 Å². The molecule has 19 heavy (non-hydrogen) atoms. The largest absolute Gasteiger partial charge is 0.238 e. The van der Waals surface area contributed by atoms with Crippen LogP contribution in [0, 0.1) is 13.8 Å². The maximum atomic E-state index is 4.71. The highest BCUT2D eigenvalue weighted by Crippen LogP contribution is 2.20. The van der Waals surface area contributed by atoms with Crippen molar-refractivity contribution in [1.82, 2.24) is 9.78 Å². The van der Waals surface area contributed by atoms with Crippen molar-refractivity contribution < 1.29 is 0 Å².